The molecule has 1 aromatic heterocycles. The Balaban J connectivity index is 1.39. The molecule has 2 aromatic rings. The lowest BCUT2D eigenvalue weighted by atomic mass is 10.2. The van der Waals surface area contributed by atoms with Crippen molar-refractivity contribution in [3.63, 3.8) is 0 Å². The van der Waals surface area contributed by atoms with Crippen LogP contribution in [0.15, 0.2) is 46.9 Å². The minimum Gasteiger partial charge on any atom is -0.460 e. The molecule has 2 heterocycles. The predicted octanol–water partition coefficient (Wildman–Crippen LogP) is 3.05. The topological polar surface area (TPSA) is 45.5 Å². The Labute approximate surface area is 131 Å². The third-order valence-corrected chi connectivity index (χ3v) is 3.97. The van der Waals surface area contributed by atoms with E-state index in [0.717, 1.165) is 62.5 Å². The fourth-order valence-electron chi connectivity index (χ4n) is 2.78. The molecule has 1 fully saturated rings. The van der Waals surface area contributed by atoms with Gasteiger partial charge in [0.15, 0.2) is 0 Å². The van der Waals surface area contributed by atoms with Gasteiger partial charge in [-0.15, -0.1) is 0 Å². The molecule has 22 heavy (non-hydrogen) atoms. The van der Waals surface area contributed by atoms with Gasteiger partial charge < -0.3 is 14.6 Å². The number of benzene rings is 1. The second kappa shape index (κ2) is 7.27. The molecule has 1 saturated heterocycles. The summed E-state index contributed by atoms with van der Waals surface area (Å²) in [5.41, 5.74) is 1.10. The number of likely N-dealkylation sites (tertiary alicyclic amines) is 1. The average Bonchev–Trinajstić information content (AvgIpc) is 3.17. The zero-order valence-corrected chi connectivity index (χ0v) is 12.8. The molecular formula is C18H22N2O2. The SMILES string of the molecule is O=C1CCCN1CCCNCc1ccc(-c2ccccc2)o1. The number of nitrogens with one attached hydrogen (secondary N) is 1. The standard InChI is InChI=1S/C18H22N2O2/c21-18-8-4-12-20(18)13-5-11-19-14-16-9-10-17(22-16)15-6-2-1-3-7-15/h1-3,6-7,9-10,19H,4-5,8,11-14H2. The molecule has 1 N–H and O–H groups in total. The van der Waals surface area contributed by atoms with Crippen LogP contribution in [-0.4, -0.2) is 30.4 Å². The Kier molecular flexibility index (Phi) is 4.91. The summed E-state index contributed by atoms with van der Waals surface area (Å²) < 4.78 is 5.84. The first-order chi connectivity index (χ1) is 10.8. The number of amides is 1. The summed E-state index contributed by atoms with van der Waals surface area (Å²) in [6.07, 6.45) is 2.72. The van der Waals surface area contributed by atoms with Crippen LogP contribution < -0.4 is 5.32 Å². The molecule has 4 heteroatoms. The molecule has 0 bridgehead atoms. The van der Waals surface area contributed by atoms with E-state index >= 15 is 0 Å². The summed E-state index contributed by atoms with van der Waals surface area (Å²) in [5, 5.41) is 3.37. The van der Waals surface area contributed by atoms with Gasteiger partial charge in [0.25, 0.3) is 0 Å². The molecule has 1 amide bonds. The van der Waals surface area contributed by atoms with Gasteiger partial charge in [0.2, 0.25) is 5.91 Å². The first-order valence-electron chi connectivity index (χ1n) is 7.95. The number of carbonyl (C=O) groups excluding carboxylic acids is 1. The molecule has 1 aromatic carbocycles. The predicted molar refractivity (Wildman–Crippen MR) is 86.3 cm³/mol. The maximum atomic E-state index is 11.5. The molecule has 1 aliphatic heterocycles. The summed E-state index contributed by atoms with van der Waals surface area (Å²) in [4.78, 5) is 13.4. The van der Waals surface area contributed by atoms with Crippen LogP contribution in [0.25, 0.3) is 11.3 Å². The van der Waals surface area contributed by atoms with Gasteiger partial charge in [-0.3, -0.25) is 4.79 Å². The average molecular weight is 298 g/mol. The lowest BCUT2D eigenvalue weighted by molar-refractivity contribution is -0.127. The van der Waals surface area contributed by atoms with Crippen LogP contribution in [0.1, 0.15) is 25.0 Å². The zero-order chi connectivity index (χ0) is 15.2. The van der Waals surface area contributed by atoms with E-state index in [4.69, 9.17) is 4.42 Å². The molecule has 4 nitrogen and oxygen atoms in total. The van der Waals surface area contributed by atoms with Crippen LogP contribution in [0.2, 0.25) is 0 Å². The van der Waals surface area contributed by atoms with E-state index in [-0.39, 0.29) is 0 Å². The van der Waals surface area contributed by atoms with E-state index in [1.807, 2.05) is 47.4 Å². The lowest BCUT2D eigenvalue weighted by Gasteiger charge is -2.14. The molecule has 3 rings (SSSR count). The van der Waals surface area contributed by atoms with Gasteiger partial charge in [-0.2, -0.15) is 0 Å². The number of nitrogens with zero attached hydrogens (tertiary/aromatic N) is 1. The highest BCUT2D eigenvalue weighted by atomic mass is 16.3. The number of carbonyl (C=O) groups is 1. The molecule has 1 aliphatic rings. The van der Waals surface area contributed by atoms with Crippen molar-refractivity contribution in [2.75, 3.05) is 19.6 Å². The highest BCUT2D eigenvalue weighted by Crippen LogP contribution is 2.21. The summed E-state index contributed by atoms with van der Waals surface area (Å²) in [6, 6.07) is 14.1. The third-order valence-electron chi connectivity index (χ3n) is 3.97. The van der Waals surface area contributed by atoms with Crippen LogP contribution in [0, 0.1) is 0 Å². The Morgan fingerprint density at radius 1 is 1.14 bits per heavy atom. The number of rotatable bonds is 7. The first-order valence-corrected chi connectivity index (χ1v) is 7.95. The molecule has 0 atom stereocenters. The molecule has 0 saturated carbocycles. The van der Waals surface area contributed by atoms with Gasteiger partial charge >= 0.3 is 0 Å². The highest BCUT2D eigenvalue weighted by molar-refractivity contribution is 5.77. The quantitative estimate of drug-likeness (QED) is 0.799. The van der Waals surface area contributed by atoms with Gasteiger partial charge in [0, 0.05) is 25.1 Å². The Hall–Kier alpha value is -2.07. The summed E-state index contributed by atoms with van der Waals surface area (Å²) >= 11 is 0. The number of hydrogen-bond acceptors (Lipinski definition) is 3. The van der Waals surface area contributed by atoms with E-state index in [0.29, 0.717) is 5.91 Å². The van der Waals surface area contributed by atoms with Crippen molar-refractivity contribution in [3.8, 4) is 11.3 Å². The van der Waals surface area contributed by atoms with Crippen LogP contribution >= 0.6 is 0 Å². The van der Waals surface area contributed by atoms with Crippen LogP contribution in [0.5, 0.6) is 0 Å². The largest absolute Gasteiger partial charge is 0.460 e. The Morgan fingerprint density at radius 2 is 2.00 bits per heavy atom. The molecule has 0 unspecified atom stereocenters. The van der Waals surface area contributed by atoms with Crippen molar-refractivity contribution in [3.05, 3.63) is 48.2 Å². The van der Waals surface area contributed by atoms with Crippen molar-refractivity contribution in [1.29, 1.82) is 0 Å². The molecular weight excluding hydrogens is 276 g/mol. The summed E-state index contributed by atoms with van der Waals surface area (Å²) in [6.45, 7) is 3.41. The molecule has 0 radical (unpaired) electrons. The van der Waals surface area contributed by atoms with E-state index < -0.39 is 0 Å². The van der Waals surface area contributed by atoms with Gasteiger partial charge in [-0.25, -0.2) is 0 Å². The normalized spacial score (nSPS) is 14.7. The van der Waals surface area contributed by atoms with Crippen LogP contribution in [-0.2, 0) is 11.3 Å². The number of hydrogen-bond donors (Lipinski definition) is 1. The zero-order valence-electron chi connectivity index (χ0n) is 12.8. The second-order valence-corrected chi connectivity index (χ2v) is 5.65. The lowest BCUT2D eigenvalue weighted by Crippen LogP contribution is -2.28. The van der Waals surface area contributed by atoms with Gasteiger partial charge in [0.05, 0.1) is 6.54 Å². The third kappa shape index (κ3) is 3.77. The first kappa shape index (κ1) is 14.9. The fourth-order valence-corrected chi connectivity index (χ4v) is 2.78. The Bertz CT molecular complexity index is 607. The summed E-state index contributed by atoms with van der Waals surface area (Å²) in [5.74, 6) is 2.15. The molecule has 0 aliphatic carbocycles. The smallest absolute Gasteiger partial charge is 0.222 e. The van der Waals surface area contributed by atoms with E-state index in [1.165, 1.54) is 0 Å². The van der Waals surface area contributed by atoms with Gasteiger partial charge in [-0.1, -0.05) is 30.3 Å². The Morgan fingerprint density at radius 3 is 2.77 bits per heavy atom. The van der Waals surface area contributed by atoms with Crippen LogP contribution in [0.4, 0.5) is 0 Å². The van der Waals surface area contributed by atoms with E-state index in [1.54, 1.807) is 0 Å². The van der Waals surface area contributed by atoms with Crippen molar-refractivity contribution in [1.82, 2.24) is 10.2 Å². The van der Waals surface area contributed by atoms with Gasteiger partial charge in [-0.05, 0) is 31.5 Å². The van der Waals surface area contributed by atoms with Crippen molar-refractivity contribution >= 4 is 5.91 Å². The maximum Gasteiger partial charge on any atom is 0.222 e. The fraction of sp³-hybridized carbons (Fsp3) is 0.389. The van der Waals surface area contributed by atoms with Crippen molar-refractivity contribution < 1.29 is 9.21 Å². The second-order valence-electron chi connectivity index (χ2n) is 5.65. The van der Waals surface area contributed by atoms with E-state index in [2.05, 4.69) is 5.32 Å². The van der Waals surface area contributed by atoms with E-state index in [9.17, 15) is 4.79 Å². The minimum atomic E-state index is 0.304. The van der Waals surface area contributed by atoms with Gasteiger partial charge in [0.1, 0.15) is 11.5 Å². The molecule has 0 spiro atoms. The monoisotopic (exact) mass is 298 g/mol. The van der Waals surface area contributed by atoms with Crippen molar-refractivity contribution in [2.24, 2.45) is 0 Å². The van der Waals surface area contributed by atoms with Crippen molar-refractivity contribution in [2.45, 2.75) is 25.8 Å². The summed E-state index contributed by atoms with van der Waals surface area (Å²) in [7, 11) is 0. The molecule has 116 valence electrons. The van der Waals surface area contributed by atoms with Crippen LogP contribution in [0.3, 0.4) is 0 Å². The highest BCUT2D eigenvalue weighted by Gasteiger charge is 2.18. The number of furan rings is 1. The maximum absolute atomic E-state index is 11.5. The minimum absolute atomic E-state index is 0.304.